The first-order valence-electron chi connectivity index (χ1n) is 2.66. The molecule has 0 unspecified atom stereocenters. The van der Waals surface area contributed by atoms with E-state index in [1.165, 1.54) is 11.3 Å². The fourth-order valence-corrected chi connectivity index (χ4v) is 2.14. The molecular weight excluding hydrogens is 214 g/mol. The van der Waals surface area contributed by atoms with Crippen molar-refractivity contribution in [2.45, 2.75) is 6.92 Å². The van der Waals surface area contributed by atoms with Crippen molar-refractivity contribution in [1.82, 2.24) is 0 Å². The van der Waals surface area contributed by atoms with Crippen molar-refractivity contribution < 1.29 is 4.79 Å². The number of carbonyl (C=O) groups is 1. The van der Waals surface area contributed by atoms with Crippen molar-refractivity contribution in [3.8, 4) is 0 Å². The largest absolute Gasteiger partial charge is 0.390 e. The molecule has 4 heteroatoms. The standard InChI is InChI=1S/C6H6BrNOS/c1-3-5(7)4(2-9)6(8)10-3/h2H,8H2,1H3. The van der Waals surface area contributed by atoms with Crippen LogP contribution in [0.3, 0.4) is 0 Å². The highest BCUT2D eigenvalue weighted by molar-refractivity contribution is 9.10. The van der Waals surface area contributed by atoms with Gasteiger partial charge in [0.05, 0.1) is 10.6 Å². The van der Waals surface area contributed by atoms with Crippen molar-refractivity contribution in [3.63, 3.8) is 0 Å². The van der Waals surface area contributed by atoms with Crippen LogP contribution < -0.4 is 5.73 Å². The molecule has 1 heterocycles. The summed E-state index contributed by atoms with van der Waals surface area (Å²) >= 11 is 4.68. The Morgan fingerprint density at radius 1 is 1.70 bits per heavy atom. The lowest BCUT2D eigenvalue weighted by atomic mass is 10.3. The lowest BCUT2D eigenvalue weighted by Gasteiger charge is -1.85. The second-order valence-electron chi connectivity index (χ2n) is 1.87. The summed E-state index contributed by atoms with van der Waals surface area (Å²) < 4.78 is 0.824. The molecule has 10 heavy (non-hydrogen) atoms. The summed E-state index contributed by atoms with van der Waals surface area (Å²) in [6, 6.07) is 0. The Kier molecular flexibility index (Phi) is 2.11. The summed E-state index contributed by atoms with van der Waals surface area (Å²) in [4.78, 5) is 11.4. The van der Waals surface area contributed by atoms with Gasteiger partial charge in [0.2, 0.25) is 0 Å². The second-order valence-corrected chi connectivity index (χ2v) is 3.92. The van der Waals surface area contributed by atoms with Crippen molar-refractivity contribution in [3.05, 3.63) is 14.9 Å². The van der Waals surface area contributed by atoms with Crippen LogP contribution in [-0.4, -0.2) is 6.29 Å². The Morgan fingerprint density at radius 3 is 2.50 bits per heavy atom. The zero-order valence-electron chi connectivity index (χ0n) is 5.35. The number of aldehydes is 1. The van der Waals surface area contributed by atoms with Gasteiger partial charge in [0.1, 0.15) is 0 Å². The molecule has 0 aliphatic rings. The van der Waals surface area contributed by atoms with Crippen molar-refractivity contribution >= 4 is 38.6 Å². The molecule has 2 nitrogen and oxygen atoms in total. The van der Waals surface area contributed by atoms with Gasteiger partial charge in [0.25, 0.3) is 0 Å². The first-order chi connectivity index (χ1) is 4.66. The number of hydrogen-bond donors (Lipinski definition) is 1. The minimum absolute atomic E-state index is 0.572. The quantitative estimate of drug-likeness (QED) is 0.737. The Balaban J connectivity index is 3.33. The summed E-state index contributed by atoms with van der Waals surface area (Å²) in [5.41, 5.74) is 6.08. The number of nitrogens with two attached hydrogens (primary N) is 1. The van der Waals surface area contributed by atoms with Gasteiger partial charge in [-0.3, -0.25) is 4.79 Å². The predicted octanol–water partition coefficient (Wildman–Crippen LogP) is 2.21. The van der Waals surface area contributed by atoms with Gasteiger partial charge < -0.3 is 5.73 Å². The molecular formula is C6H6BrNOS. The number of thiophene rings is 1. The maximum absolute atomic E-state index is 10.4. The van der Waals surface area contributed by atoms with E-state index in [0.717, 1.165) is 15.6 Å². The number of rotatable bonds is 1. The lowest BCUT2D eigenvalue weighted by molar-refractivity contribution is 0.112. The van der Waals surface area contributed by atoms with Gasteiger partial charge in [-0.05, 0) is 22.9 Å². The molecule has 0 radical (unpaired) electrons. The van der Waals surface area contributed by atoms with Crippen LogP contribution in [0, 0.1) is 6.92 Å². The molecule has 0 aliphatic carbocycles. The van der Waals surface area contributed by atoms with Gasteiger partial charge in [0.15, 0.2) is 6.29 Å². The molecule has 54 valence electrons. The number of aryl methyl sites for hydroxylation is 1. The fraction of sp³-hybridized carbons (Fsp3) is 0.167. The average molecular weight is 220 g/mol. The molecule has 0 fully saturated rings. The molecule has 1 rings (SSSR count). The second kappa shape index (κ2) is 2.72. The highest BCUT2D eigenvalue weighted by atomic mass is 79.9. The topological polar surface area (TPSA) is 43.1 Å². The van der Waals surface area contributed by atoms with Crippen molar-refractivity contribution in [1.29, 1.82) is 0 Å². The van der Waals surface area contributed by atoms with Gasteiger partial charge in [-0.1, -0.05) is 0 Å². The number of halogens is 1. The van der Waals surface area contributed by atoms with Gasteiger partial charge in [-0.2, -0.15) is 0 Å². The van der Waals surface area contributed by atoms with E-state index in [1.807, 2.05) is 6.92 Å². The average Bonchev–Trinajstić information content (AvgIpc) is 2.09. The summed E-state index contributed by atoms with van der Waals surface area (Å²) in [5, 5.41) is 0.583. The van der Waals surface area contributed by atoms with E-state index >= 15 is 0 Å². The van der Waals surface area contributed by atoms with Crippen LogP contribution in [0.25, 0.3) is 0 Å². The molecule has 0 aromatic carbocycles. The molecule has 0 spiro atoms. The molecule has 0 saturated heterocycles. The monoisotopic (exact) mass is 219 g/mol. The van der Waals surface area contributed by atoms with E-state index < -0.39 is 0 Å². The third-order valence-electron chi connectivity index (χ3n) is 1.19. The Hall–Kier alpha value is -0.350. The van der Waals surface area contributed by atoms with Gasteiger partial charge in [0, 0.05) is 9.35 Å². The van der Waals surface area contributed by atoms with Gasteiger partial charge in [-0.15, -0.1) is 11.3 Å². The molecule has 0 aliphatic heterocycles. The minimum Gasteiger partial charge on any atom is -0.390 e. The SMILES string of the molecule is Cc1sc(N)c(C=O)c1Br. The lowest BCUT2D eigenvalue weighted by Crippen LogP contribution is -1.85. The van der Waals surface area contributed by atoms with Crippen LogP contribution in [0.4, 0.5) is 5.00 Å². The summed E-state index contributed by atoms with van der Waals surface area (Å²) in [6.07, 6.45) is 0.767. The minimum atomic E-state index is 0.572. The zero-order chi connectivity index (χ0) is 7.72. The number of hydrogen-bond acceptors (Lipinski definition) is 3. The van der Waals surface area contributed by atoms with Crippen LogP contribution >= 0.6 is 27.3 Å². The smallest absolute Gasteiger partial charge is 0.154 e. The highest BCUT2D eigenvalue weighted by Gasteiger charge is 2.09. The molecule has 1 aromatic heterocycles. The van der Waals surface area contributed by atoms with E-state index in [2.05, 4.69) is 15.9 Å². The van der Waals surface area contributed by atoms with Gasteiger partial charge in [-0.25, -0.2) is 0 Å². The predicted molar refractivity (Wildman–Crippen MR) is 46.6 cm³/mol. The normalized spacial score (nSPS) is 9.80. The van der Waals surface area contributed by atoms with Gasteiger partial charge >= 0.3 is 0 Å². The molecule has 0 bridgehead atoms. The Labute approximate surface area is 71.2 Å². The maximum atomic E-state index is 10.4. The third-order valence-corrected chi connectivity index (χ3v) is 3.43. The third kappa shape index (κ3) is 1.09. The van der Waals surface area contributed by atoms with Crippen LogP contribution in [0.2, 0.25) is 0 Å². The van der Waals surface area contributed by atoms with Crippen molar-refractivity contribution in [2.24, 2.45) is 0 Å². The fourth-order valence-electron chi connectivity index (χ4n) is 0.672. The summed E-state index contributed by atoms with van der Waals surface area (Å²) in [5.74, 6) is 0. The van der Waals surface area contributed by atoms with E-state index in [1.54, 1.807) is 0 Å². The Morgan fingerprint density at radius 2 is 2.30 bits per heavy atom. The van der Waals surface area contributed by atoms with E-state index in [-0.39, 0.29) is 0 Å². The number of anilines is 1. The molecule has 0 saturated carbocycles. The van der Waals surface area contributed by atoms with E-state index in [9.17, 15) is 4.79 Å². The zero-order valence-corrected chi connectivity index (χ0v) is 7.75. The Bertz CT molecular complexity index is 269. The number of nitrogen functional groups attached to an aromatic ring is 1. The van der Waals surface area contributed by atoms with Crippen LogP contribution in [0.15, 0.2) is 4.47 Å². The maximum Gasteiger partial charge on any atom is 0.154 e. The molecule has 0 amide bonds. The summed E-state index contributed by atoms with van der Waals surface area (Å²) in [7, 11) is 0. The van der Waals surface area contributed by atoms with Crippen LogP contribution in [-0.2, 0) is 0 Å². The highest BCUT2D eigenvalue weighted by Crippen LogP contribution is 2.32. The molecule has 2 N–H and O–H groups in total. The van der Waals surface area contributed by atoms with E-state index in [0.29, 0.717) is 10.6 Å². The van der Waals surface area contributed by atoms with E-state index in [4.69, 9.17) is 5.73 Å². The first-order valence-corrected chi connectivity index (χ1v) is 4.27. The molecule has 0 atom stereocenters. The summed E-state index contributed by atoms with van der Waals surface area (Å²) in [6.45, 7) is 1.91. The van der Waals surface area contributed by atoms with Crippen LogP contribution in [0.5, 0.6) is 0 Å². The van der Waals surface area contributed by atoms with Crippen LogP contribution in [0.1, 0.15) is 15.2 Å². The number of carbonyl (C=O) groups excluding carboxylic acids is 1. The first kappa shape index (κ1) is 7.75. The van der Waals surface area contributed by atoms with Crippen molar-refractivity contribution in [2.75, 3.05) is 5.73 Å². The molecule has 1 aromatic rings.